The molecule has 6 heteroatoms. The Morgan fingerprint density at radius 1 is 1.16 bits per heavy atom. The summed E-state index contributed by atoms with van der Waals surface area (Å²) < 4.78 is 0. The van der Waals surface area contributed by atoms with Gasteiger partial charge < -0.3 is 10.2 Å². The van der Waals surface area contributed by atoms with Crippen LogP contribution in [0.5, 0.6) is 0 Å². The number of amides is 2. The summed E-state index contributed by atoms with van der Waals surface area (Å²) in [4.78, 5) is 31.0. The van der Waals surface area contributed by atoms with Gasteiger partial charge in [-0.15, -0.1) is 11.8 Å². The van der Waals surface area contributed by atoms with E-state index in [1.165, 1.54) is 11.8 Å². The van der Waals surface area contributed by atoms with Crippen molar-refractivity contribution in [2.45, 2.75) is 24.6 Å². The molecule has 0 saturated carbocycles. The molecule has 1 saturated heterocycles. The van der Waals surface area contributed by atoms with E-state index in [0.717, 1.165) is 24.2 Å². The maximum atomic E-state index is 12.5. The van der Waals surface area contributed by atoms with E-state index >= 15 is 0 Å². The molecule has 5 nitrogen and oxygen atoms in total. The lowest BCUT2D eigenvalue weighted by Gasteiger charge is -2.24. The molecule has 0 spiro atoms. The van der Waals surface area contributed by atoms with Crippen LogP contribution in [0.15, 0.2) is 54.7 Å². The van der Waals surface area contributed by atoms with Gasteiger partial charge in [-0.2, -0.15) is 0 Å². The van der Waals surface area contributed by atoms with E-state index in [0.29, 0.717) is 18.1 Å². The van der Waals surface area contributed by atoms with Crippen molar-refractivity contribution in [1.82, 2.24) is 9.88 Å². The highest BCUT2D eigenvalue weighted by Gasteiger charge is 2.33. The zero-order chi connectivity index (χ0) is 17.5. The fraction of sp³-hybridized carbons (Fsp3) is 0.316. The Kier molecular flexibility index (Phi) is 6.06. The van der Waals surface area contributed by atoms with Gasteiger partial charge in [0.1, 0.15) is 6.04 Å². The van der Waals surface area contributed by atoms with Gasteiger partial charge in [0.15, 0.2) is 0 Å². The van der Waals surface area contributed by atoms with Gasteiger partial charge in [-0.3, -0.25) is 14.6 Å². The summed E-state index contributed by atoms with van der Waals surface area (Å²) in [5.74, 6) is 0.978. The van der Waals surface area contributed by atoms with E-state index in [9.17, 15) is 9.59 Å². The largest absolute Gasteiger partial charge is 0.330 e. The lowest BCUT2D eigenvalue weighted by Crippen LogP contribution is -2.44. The molecule has 1 atom stereocenters. The number of aromatic nitrogens is 1. The number of hydrogen-bond acceptors (Lipinski definition) is 4. The van der Waals surface area contributed by atoms with Crippen LogP contribution < -0.4 is 5.32 Å². The molecule has 1 aliphatic rings. The predicted octanol–water partition coefficient (Wildman–Crippen LogP) is 2.94. The minimum atomic E-state index is -0.372. The van der Waals surface area contributed by atoms with E-state index in [1.54, 1.807) is 11.1 Å². The van der Waals surface area contributed by atoms with E-state index in [1.807, 2.05) is 48.5 Å². The van der Waals surface area contributed by atoms with Crippen LogP contribution >= 0.6 is 11.8 Å². The topological polar surface area (TPSA) is 62.3 Å². The molecule has 25 heavy (non-hydrogen) atoms. The second-order valence-corrected chi connectivity index (χ2v) is 6.90. The van der Waals surface area contributed by atoms with Crippen molar-refractivity contribution in [2.24, 2.45) is 0 Å². The average molecular weight is 355 g/mol. The first-order valence-corrected chi connectivity index (χ1v) is 9.52. The van der Waals surface area contributed by atoms with Gasteiger partial charge in [0.25, 0.3) is 0 Å². The number of nitrogens with one attached hydrogen (secondary N) is 1. The number of nitrogens with zero attached hydrogens (tertiary/aromatic N) is 2. The van der Waals surface area contributed by atoms with Gasteiger partial charge in [0.05, 0.1) is 11.4 Å². The van der Waals surface area contributed by atoms with Crippen LogP contribution in [0, 0.1) is 0 Å². The number of rotatable bonds is 6. The summed E-state index contributed by atoms with van der Waals surface area (Å²) in [7, 11) is 0. The lowest BCUT2D eigenvalue weighted by molar-refractivity contribution is -0.134. The standard InChI is InChI=1S/C19H21N3O2S/c23-18(14-25-13-16-9-4-5-11-20-16)22-12-6-10-17(22)19(24)21-15-7-2-1-3-8-15/h1-5,7-9,11,17H,6,10,12-14H2,(H,21,24)/t17-/m0/s1. The van der Waals surface area contributed by atoms with Gasteiger partial charge in [-0.1, -0.05) is 24.3 Å². The van der Waals surface area contributed by atoms with E-state index in [-0.39, 0.29) is 17.9 Å². The molecular formula is C19H21N3O2S. The highest BCUT2D eigenvalue weighted by molar-refractivity contribution is 7.99. The molecule has 2 aromatic rings. The lowest BCUT2D eigenvalue weighted by atomic mass is 10.2. The van der Waals surface area contributed by atoms with Crippen molar-refractivity contribution < 1.29 is 9.59 Å². The summed E-state index contributed by atoms with van der Waals surface area (Å²) in [5, 5.41) is 2.90. The third kappa shape index (κ3) is 4.82. The second-order valence-electron chi connectivity index (χ2n) is 5.91. The molecule has 130 valence electrons. The van der Waals surface area contributed by atoms with E-state index in [2.05, 4.69) is 10.3 Å². The third-order valence-corrected chi connectivity index (χ3v) is 5.07. The molecule has 0 unspecified atom stereocenters. The molecule has 3 rings (SSSR count). The Hall–Kier alpha value is -2.34. The molecule has 2 amide bonds. The van der Waals surface area contributed by atoms with Gasteiger partial charge in [0.2, 0.25) is 11.8 Å². The van der Waals surface area contributed by atoms with Crippen molar-refractivity contribution in [2.75, 3.05) is 17.6 Å². The number of para-hydroxylation sites is 1. The number of carbonyl (C=O) groups is 2. The van der Waals surface area contributed by atoms with Crippen molar-refractivity contribution in [3.63, 3.8) is 0 Å². The minimum Gasteiger partial charge on any atom is -0.330 e. The normalized spacial score (nSPS) is 16.6. The summed E-state index contributed by atoms with van der Waals surface area (Å²) in [5.41, 5.74) is 1.72. The van der Waals surface area contributed by atoms with Gasteiger partial charge in [-0.25, -0.2) is 0 Å². The molecule has 0 aliphatic carbocycles. The number of carbonyl (C=O) groups excluding carboxylic acids is 2. The molecule has 1 aromatic carbocycles. The van der Waals surface area contributed by atoms with Crippen LogP contribution in [-0.4, -0.2) is 40.0 Å². The van der Waals surface area contributed by atoms with Crippen LogP contribution in [-0.2, 0) is 15.3 Å². The third-order valence-electron chi connectivity index (χ3n) is 4.12. The van der Waals surface area contributed by atoms with E-state index in [4.69, 9.17) is 0 Å². The Labute approximate surface area is 151 Å². The first-order valence-electron chi connectivity index (χ1n) is 8.37. The van der Waals surface area contributed by atoms with Crippen molar-refractivity contribution in [3.8, 4) is 0 Å². The molecule has 1 fully saturated rings. The Bertz CT molecular complexity index is 709. The van der Waals surface area contributed by atoms with Crippen LogP contribution in [0.2, 0.25) is 0 Å². The number of pyridine rings is 1. The molecule has 0 radical (unpaired) electrons. The zero-order valence-corrected chi connectivity index (χ0v) is 14.7. The SMILES string of the molecule is O=C(Nc1ccccc1)[C@@H]1CCCN1C(=O)CSCc1ccccn1. The summed E-state index contributed by atoms with van der Waals surface area (Å²) in [6.07, 6.45) is 3.33. The number of hydrogen-bond donors (Lipinski definition) is 1. The predicted molar refractivity (Wildman–Crippen MR) is 100 cm³/mol. The maximum absolute atomic E-state index is 12.5. The molecule has 1 aliphatic heterocycles. The van der Waals surface area contributed by atoms with Crippen LogP contribution in [0.4, 0.5) is 5.69 Å². The second kappa shape index (κ2) is 8.67. The highest BCUT2D eigenvalue weighted by Crippen LogP contribution is 2.21. The van der Waals surface area contributed by atoms with Gasteiger partial charge in [-0.05, 0) is 37.1 Å². The van der Waals surface area contributed by atoms with E-state index < -0.39 is 0 Å². The number of likely N-dealkylation sites (tertiary alicyclic amines) is 1. The molecule has 1 aromatic heterocycles. The van der Waals surface area contributed by atoms with Gasteiger partial charge in [0, 0.05) is 24.2 Å². The Morgan fingerprint density at radius 3 is 2.72 bits per heavy atom. The van der Waals surface area contributed by atoms with Crippen LogP contribution in [0.25, 0.3) is 0 Å². The Morgan fingerprint density at radius 2 is 1.96 bits per heavy atom. The first kappa shape index (κ1) is 17.5. The number of anilines is 1. The quantitative estimate of drug-likeness (QED) is 0.865. The molecular weight excluding hydrogens is 334 g/mol. The van der Waals surface area contributed by atoms with Crippen molar-refractivity contribution in [3.05, 3.63) is 60.4 Å². The summed E-state index contributed by atoms with van der Waals surface area (Å²) >= 11 is 1.53. The number of thioether (sulfide) groups is 1. The van der Waals surface area contributed by atoms with Crippen LogP contribution in [0.1, 0.15) is 18.5 Å². The monoisotopic (exact) mass is 355 g/mol. The fourth-order valence-electron chi connectivity index (χ4n) is 2.89. The summed E-state index contributed by atoms with van der Waals surface area (Å²) in [6.45, 7) is 0.649. The fourth-order valence-corrected chi connectivity index (χ4v) is 3.72. The highest BCUT2D eigenvalue weighted by atomic mass is 32.2. The van der Waals surface area contributed by atoms with Crippen molar-refractivity contribution >= 4 is 29.3 Å². The van der Waals surface area contributed by atoms with Gasteiger partial charge >= 0.3 is 0 Å². The zero-order valence-electron chi connectivity index (χ0n) is 13.9. The maximum Gasteiger partial charge on any atom is 0.247 e. The van der Waals surface area contributed by atoms with Crippen LogP contribution in [0.3, 0.4) is 0 Å². The molecule has 0 bridgehead atoms. The van der Waals surface area contributed by atoms with Crippen molar-refractivity contribution in [1.29, 1.82) is 0 Å². The first-order chi connectivity index (χ1) is 12.2. The molecule has 2 heterocycles. The minimum absolute atomic E-state index is 0.0200. The summed E-state index contributed by atoms with van der Waals surface area (Å²) in [6, 6.07) is 14.7. The molecule has 1 N–H and O–H groups in total. The smallest absolute Gasteiger partial charge is 0.247 e. The number of benzene rings is 1. The Balaban J connectivity index is 1.51. The average Bonchev–Trinajstić information content (AvgIpc) is 3.13.